The topological polar surface area (TPSA) is 0 Å². The highest BCUT2D eigenvalue weighted by Crippen LogP contribution is 2.21. The highest BCUT2D eigenvalue weighted by atomic mass is 19.1. The number of unbranched alkanes of at least 4 members (excludes halogenated alkanes) is 3. The van der Waals surface area contributed by atoms with Crippen molar-refractivity contribution in [1.29, 1.82) is 0 Å². The Morgan fingerprint density at radius 2 is 1.29 bits per heavy atom. The first-order valence-electron chi connectivity index (χ1n) is 6.96. The van der Waals surface area contributed by atoms with E-state index >= 15 is 0 Å². The molecule has 2 atom stereocenters. The zero-order chi connectivity index (χ0) is 12.9. The summed E-state index contributed by atoms with van der Waals surface area (Å²) in [5.74, 6) is 0.191. The smallest absolute Gasteiger partial charge is 0.0922 e. The molecule has 3 heteroatoms. The molecule has 0 fully saturated rings. The lowest BCUT2D eigenvalue weighted by Crippen LogP contribution is -2.08. The van der Waals surface area contributed by atoms with Gasteiger partial charge in [-0.2, -0.15) is 0 Å². The summed E-state index contributed by atoms with van der Waals surface area (Å²) in [4.78, 5) is 0. The third-order valence-corrected chi connectivity index (χ3v) is 3.49. The molecule has 0 saturated heterocycles. The summed E-state index contributed by atoms with van der Waals surface area (Å²) < 4.78 is 37.0. The van der Waals surface area contributed by atoms with E-state index in [0.29, 0.717) is 6.42 Å². The first kappa shape index (κ1) is 16.8. The molecule has 0 aromatic heterocycles. The fourth-order valence-corrected chi connectivity index (χ4v) is 2.04. The lowest BCUT2D eigenvalue weighted by Gasteiger charge is -2.16. The van der Waals surface area contributed by atoms with Gasteiger partial charge in [0.25, 0.3) is 0 Å². The Morgan fingerprint density at radius 1 is 0.706 bits per heavy atom. The quantitative estimate of drug-likeness (QED) is 0.415. The Hall–Kier alpha value is -0.210. The van der Waals surface area contributed by atoms with Crippen LogP contribution in [0.3, 0.4) is 0 Å². The van der Waals surface area contributed by atoms with Crippen molar-refractivity contribution in [1.82, 2.24) is 0 Å². The molecule has 0 radical (unpaired) electrons. The van der Waals surface area contributed by atoms with Crippen LogP contribution in [0.25, 0.3) is 0 Å². The van der Waals surface area contributed by atoms with Gasteiger partial charge in [0, 0.05) is 0 Å². The predicted molar refractivity (Wildman–Crippen MR) is 67.5 cm³/mol. The minimum absolute atomic E-state index is 0.0842. The first-order valence-corrected chi connectivity index (χ1v) is 6.96. The van der Waals surface area contributed by atoms with Gasteiger partial charge >= 0.3 is 0 Å². The van der Waals surface area contributed by atoms with Crippen LogP contribution < -0.4 is 0 Å². The van der Waals surface area contributed by atoms with Crippen molar-refractivity contribution < 1.29 is 13.2 Å². The Morgan fingerprint density at radius 3 is 1.82 bits per heavy atom. The minimum atomic E-state index is -0.300. The lowest BCUT2D eigenvalue weighted by molar-refractivity contribution is 0.266. The SMILES string of the molecule is CCC(CF)CCC(CF)CCCCCCF. The van der Waals surface area contributed by atoms with Crippen LogP contribution in [0.5, 0.6) is 0 Å². The van der Waals surface area contributed by atoms with E-state index in [1.54, 1.807) is 0 Å². The van der Waals surface area contributed by atoms with Crippen LogP contribution in [0.2, 0.25) is 0 Å². The summed E-state index contributed by atoms with van der Waals surface area (Å²) in [6.45, 7) is 1.14. The van der Waals surface area contributed by atoms with Gasteiger partial charge in [0.05, 0.1) is 20.0 Å². The van der Waals surface area contributed by atoms with Gasteiger partial charge in [0.2, 0.25) is 0 Å². The minimum Gasteiger partial charge on any atom is -0.251 e. The fraction of sp³-hybridized carbons (Fsp3) is 1.00. The van der Waals surface area contributed by atoms with Crippen molar-refractivity contribution in [3.63, 3.8) is 0 Å². The maximum atomic E-state index is 12.7. The van der Waals surface area contributed by atoms with Crippen LogP contribution in [0.4, 0.5) is 13.2 Å². The molecule has 0 bridgehead atoms. The third kappa shape index (κ3) is 9.49. The Balaban J connectivity index is 3.54. The van der Waals surface area contributed by atoms with Crippen molar-refractivity contribution in [2.24, 2.45) is 11.8 Å². The van der Waals surface area contributed by atoms with Crippen molar-refractivity contribution >= 4 is 0 Å². The molecule has 0 aromatic carbocycles. The second-order valence-electron chi connectivity index (χ2n) is 4.92. The van der Waals surface area contributed by atoms with E-state index in [0.717, 1.165) is 44.9 Å². The van der Waals surface area contributed by atoms with Gasteiger partial charge in [0.1, 0.15) is 0 Å². The Bertz CT molecular complexity index is 146. The van der Waals surface area contributed by atoms with Crippen LogP contribution in [0.1, 0.15) is 58.3 Å². The molecule has 0 nitrogen and oxygen atoms in total. The molecular formula is C14H27F3. The number of alkyl halides is 3. The molecule has 0 N–H and O–H groups in total. The molecule has 0 aliphatic heterocycles. The number of rotatable bonds is 12. The van der Waals surface area contributed by atoms with Gasteiger partial charge in [-0.25, -0.2) is 0 Å². The van der Waals surface area contributed by atoms with E-state index in [1.165, 1.54) is 0 Å². The van der Waals surface area contributed by atoms with Gasteiger partial charge in [-0.3, -0.25) is 13.2 Å². The van der Waals surface area contributed by atoms with E-state index in [2.05, 4.69) is 0 Å². The average Bonchev–Trinajstić information content (AvgIpc) is 2.37. The average molecular weight is 252 g/mol. The van der Waals surface area contributed by atoms with Crippen molar-refractivity contribution in [2.75, 3.05) is 20.0 Å². The van der Waals surface area contributed by atoms with Gasteiger partial charge in [-0.05, 0) is 37.5 Å². The number of hydrogen-bond acceptors (Lipinski definition) is 0. The van der Waals surface area contributed by atoms with Crippen LogP contribution in [0.15, 0.2) is 0 Å². The summed E-state index contributed by atoms with van der Waals surface area (Å²) in [6.07, 6.45) is 6.78. The molecule has 0 saturated carbocycles. The van der Waals surface area contributed by atoms with Crippen molar-refractivity contribution in [3.8, 4) is 0 Å². The molecular weight excluding hydrogens is 225 g/mol. The van der Waals surface area contributed by atoms with Crippen LogP contribution in [-0.2, 0) is 0 Å². The zero-order valence-corrected chi connectivity index (χ0v) is 11.1. The molecule has 0 aromatic rings. The van der Waals surface area contributed by atoms with E-state index in [-0.39, 0.29) is 31.9 Å². The number of hydrogen-bond donors (Lipinski definition) is 0. The summed E-state index contributed by atoms with van der Waals surface area (Å²) in [7, 11) is 0. The molecule has 0 spiro atoms. The van der Waals surface area contributed by atoms with Gasteiger partial charge < -0.3 is 0 Å². The van der Waals surface area contributed by atoms with Crippen LogP contribution in [0, 0.1) is 11.8 Å². The maximum Gasteiger partial charge on any atom is 0.0922 e. The third-order valence-electron chi connectivity index (χ3n) is 3.49. The molecule has 0 aliphatic rings. The molecule has 0 heterocycles. The summed E-state index contributed by atoms with van der Waals surface area (Å²) in [6, 6.07) is 0. The fourth-order valence-electron chi connectivity index (χ4n) is 2.04. The first-order chi connectivity index (χ1) is 8.28. The van der Waals surface area contributed by atoms with Crippen molar-refractivity contribution in [3.05, 3.63) is 0 Å². The number of halogens is 3. The van der Waals surface area contributed by atoms with Gasteiger partial charge in [-0.15, -0.1) is 0 Å². The Labute approximate surface area is 104 Å². The molecule has 0 amide bonds. The second-order valence-corrected chi connectivity index (χ2v) is 4.92. The highest BCUT2D eigenvalue weighted by Gasteiger charge is 2.12. The predicted octanol–water partition coefficient (Wildman–Crippen LogP) is 5.27. The molecule has 17 heavy (non-hydrogen) atoms. The maximum absolute atomic E-state index is 12.7. The summed E-state index contributed by atoms with van der Waals surface area (Å²) >= 11 is 0. The molecule has 2 unspecified atom stereocenters. The zero-order valence-electron chi connectivity index (χ0n) is 11.1. The van der Waals surface area contributed by atoms with Crippen LogP contribution >= 0.6 is 0 Å². The standard InChI is InChI=1S/C14H27F3/c1-2-13(11-16)8-9-14(12-17)7-5-3-4-6-10-15/h13-14H,2-12H2,1H3. The lowest BCUT2D eigenvalue weighted by atomic mass is 9.92. The highest BCUT2D eigenvalue weighted by molar-refractivity contribution is 4.63. The monoisotopic (exact) mass is 252 g/mol. The van der Waals surface area contributed by atoms with E-state index in [9.17, 15) is 13.2 Å². The largest absolute Gasteiger partial charge is 0.251 e. The van der Waals surface area contributed by atoms with E-state index in [1.807, 2.05) is 6.92 Å². The van der Waals surface area contributed by atoms with Crippen molar-refractivity contribution in [2.45, 2.75) is 58.3 Å². The second kappa shape index (κ2) is 12.3. The van der Waals surface area contributed by atoms with Gasteiger partial charge in [-0.1, -0.05) is 32.6 Å². The Kier molecular flexibility index (Phi) is 12.1. The van der Waals surface area contributed by atoms with Crippen LogP contribution in [-0.4, -0.2) is 20.0 Å². The van der Waals surface area contributed by atoms with E-state index < -0.39 is 0 Å². The summed E-state index contributed by atoms with van der Waals surface area (Å²) in [5.41, 5.74) is 0. The molecule has 104 valence electrons. The normalized spacial score (nSPS) is 14.8. The molecule has 0 rings (SSSR count). The van der Waals surface area contributed by atoms with E-state index in [4.69, 9.17) is 0 Å². The summed E-state index contributed by atoms with van der Waals surface area (Å²) in [5, 5.41) is 0. The molecule has 0 aliphatic carbocycles. The van der Waals surface area contributed by atoms with Gasteiger partial charge in [0.15, 0.2) is 0 Å².